The fraction of sp³-hybridized carbons (Fsp3) is 0.400. The van der Waals surface area contributed by atoms with Crippen molar-refractivity contribution in [3.05, 3.63) is 28.8 Å². The molecule has 0 amide bonds. The van der Waals surface area contributed by atoms with Crippen LogP contribution >= 0.6 is 24.0 Å². The highest BCUT2D eigenvalue weighted by Gasteiger charge is 2.39. The molecule has 2 rings (SSSR count). The van der Waals surface area contributed by atoms with Crippen LogP contribution in [0.5, 0.6) is 5.75 Å². The monoisotopic (exact) mass is 269 g/mol. The molecule has 0 aromatic heterocycles. The molecule has 0 spiro atoms. The molecule has 1 fully saturated rings. The van der Waals surface area contributed by atoms with Gasteiger partial charge in [-0.2, -0.15) is 0 Å². The molecule has 1 aromatic rings. The first-order valence-electron chi connectivity index (χ1n) is 4.57. The van der Waals surface area contributed by atoms with Gasteiger partial charge in [-0.25, -0.2) is 8.78 Å². The summed E-state index contributed by atoms with van der Waals surface area (Å²) in [5.41, 5.74) is 5.31. The topological polar surface area (TPSA) is 35.2 Å². The Hall–Kier alpha value is -0.580. The van der Waals surface area contributed by atoms with Crippen molar-refractivity contribution in [3.8, 4) is 5.75 Å². The molecule has 1 aliphatic rings. The lowest BCUT2D eigenvalue weighted by atomic mass is 10.3. The van der Waals surface area contributed by atoms with Gasteiger partial charge in [-0.15, -0.1) is 12.4 Å². The third-order valence-electron chi connectivity index (χ3n) is 2.40. The minimum absolute atomic E-state index is 0. The smallest absolute Gasteiger partial charge is 0.192 e. The van der Waals surface area contributed by atoms with Crippen molar-refractivity contribution in [3.63, 3.8) is 0 Å². The van der Waals surface area contributed by atoms with E-state index in [2.05, 4.69) is 0 Å². The lowest BCUT2D eigenvalue weighted by Gasteiger charge is -2.12. The molecular weight excluding hydrogens is 259 g/mol. The van der Waals surface area contributed by atoms with Crippen molar-refractivity contribution < 1.29 is 13.5 Å². The average molecular weight is 270 g/mol. The number of hydrogen-bond donors (Lipinski definition) is 1. The number of rotatable bonds is 3. The highest BCUT2D eigenvalue weighted by Crippen LogP contribution is 2.34. The van der Waals surface area contributed by atoms with E-state index in [4.69, 9.17) is 22.1 Å². The Bertz CT molecular complexity index is 397. The fourth-order valence-corrected chi connectivity index (χ4v) is 1.31. The van der Waals surface area contributed by atoms with E-state index in [0.717, 1.165) is 25.0 Å². The lowest BCUT2D eigenvalue weighted by molar-refractivity contribution is 0.254. The van der Waals surface area contributed by atoms with Gasteiger partial charge in [0.1, 0.15) is 6.61 Å². The second-order valence-electron chi connectivity index (χ2n) is 3.82. The summed E-state index contributed by atoms with van der Waals surface area (Å²) in [4.78, 5) is 0. The molecule has 1 aliphatic carbocycles. The molecule has 0 aliphatic heterocycles. The van der Waals surface area contributed by atoms with Gasteiger partial charge in [0, 0.05) is 0 Å². The van der Waals surface area contributed by atoms with E-state index < -0.39 is 22.9 Å². The van der Waals surface area contributed by atoms with Gasteiger partial charge in [0.15, 0.2) is 17.4 Å². The van der Waals surface area contributed by atoms with E-state index in [1.807, 2.05) is 0 Å². The van der Waals surface area contributed by atoms with E-state index in [1.54, 1.807) is 0 Å². The summed E-state index contributed by atoms with van der Waals surface area (Å²) >= 11 is 5.50. The van der Waals surface area contributed by atoms with Gasteiger partial charge in [0.25, 0.3) is 0 Å². The molecule has 0 heterocycles. The molecule has 0 unspecified atom stereocenters. The molecule has 2 N–H and O–H groups in total. The van der Waals surface area contributed by atoms with Crippen LogP contribution in [0.25, 0.3) is 0 Å². The number of hydrogen-bond acceptors (Lipinski definition) is 2. The first kappa shape index (κ1) is 13.5. The zero-order chi connectivity index (χ0) is 11.1. The zero-order valence-electron chi connectivity index (χ0n) is 8.30. The van der Waals surface area contributed by atoms with Crippen molar-refractivity contribution in [2.45, 2.75) is 18.4 Å². The molecule has 0 atom stereocenters. The van der Waals surface area contributed by atoms with Crippen LogP contribution in [-0.4, -0.2) is 12.1 Å². The summed E-state index contributed by atoms with van der Waals surface area (Å²) in [5, 5.41) is -0.159. The van der Waals surface area contributed by atoms with Crippen molar-refractivity contribution in [2.75, 3.05) is 6.61 Å². The first-order chi connectivity index (χ1) is 7.02. The molecule has 2 nitrogen and oxygen atoms in total. The molecular formula is C10H11Cl2F2NO. The molecule has 0 bridgehead atoms. The van der Waals surface area contributed by atoms with E-state index in [9.17, 15) is 8.78 Å². The van der Waals surface area contributed by atoms with Crippen LogP contribution in [0.4, 0.5) is 8.78 Å². The van der Waals surface area contributed by atoms with E-state index in [1.165, 1.54) is 0 Å². The summed E-state index contributed by atoms with van der Waals surface area (Å²) in [6.07, 6.45) is 1.63. The van der Waals surface area contributed by atoms with Crippen molar-refractivity contribution in [1.82, 2.24) is 0 Å². The number of nitrogens with two attached hydrogens (primary N) is 1. The van der Waals surface area contributed by atoms with Crippen molar-refractivity contribution in [2.24, 2.45) is 5.73 Å². The van der Waals surface area contributed by atoms with Gasteiger partial charge < -0.3 is 10.5 Å². The minimum Gasteiger partial charge on any atom is -0.486 e. The minimum atomic E-state index is -0.874. The fourth-order valence-electron chi connectivity index (χ4n) is 1.16. The predicted octanol–water partition coefficient (Wildman–Crippen LogP) is 2.91. The summed E-state index contributed by atoms with van der Waals surface area (Å²) < 4.78 is 31.5. The number of benzene rings is 1. The lowest BCUT2D eigenvalue weighted by Crippen LogP contribution is -2.30. The summed E-state index contributed by atoms with van der Waals surface area (Å²) in [6, 6.07) is 2.21. The Balaban J connectivity index is 0.00000128. The zero-order valence-corrected chi connectivity index (χ0v) is 9.88. The molecule has 16 heavy (non-hydrogen) atoms. The molecule has 1 aromatic carbocycles. The predicted molar refractivity (Wildman–Crippen MR) is 60.3 cm³/mol. The second kappa shape index (κ2) is 4.73. The third-order valence-corrected chi connectivity index (χ3v) is 2.69. The second-order valence-corrected chi connectivity index (χ2v) is 4.23. The highest BCUT2D eigenvalue weighted by molar-refractivity contribution is 6.30. The Morgan fingerprint density at radius 3 is 2.56 bits per heavy atom. The van der Waals surface area contributed by atoms with Crippen LogP contribution in [0.15, 0.2) is 12.1 Å². The van der Waals surface area contributed by atoms with E-state index in [-0.39, 0.29) is 24.0 Å². The van der Waals surface area contributed by atoms with Crippen LogP contribution in [0, 0.1) is 11.6 Å². The Labute approximate surface area is 103 Å². The standard InChI is InChI=1S/C10H10ClF2NO.ClH/c11-6-1-2-7(12)9(8(6)13)15-5-10(14)3-4-10;/h1-2H,3-5,14H2;1H. The summed E-state index contributed by atoms with van der Waals surface area (Å²) in [7, 11) is 0. The van der Waals surface area contributed by atoms with Gasteiger partial charge in [0.05, 0.1) is 10.6 Å². The average Bonchev–Trinajstić information content (AvgIpc) is 2.91. The Kier molecular flexibility index (Phi) is 3.99. The maximum Gasteiger partial charge on any atom is 0.192 e. The van der Waals surface area contributed by atoms with Gasteiger partial charge in [-0.1, -0.05) is 11.6 Å². The van der Waals surface area contributed by atoms with E-state index >= 15 is 0 Å². The normalized spacial score (nSPS) is 16.5. The summed E-state index contributed by atoms with van der Waals surface area (Å²) in [5.74, 6) is -2.08. The molecule has 6 heteroatoms. The largest absolute Gasteiger partial charge is 0.486 e. The SMILES string of the molecule is Cl.NC1(COc2c(F)ccc(Cl)c2F)CC1. The summed E-state index contributed by atoms with van der Waals surface area (Å²) in [6.45, 7) is 0.112. The number of ether oxygens (including phenoxy) is 1. The van der Waals surface area contributed by atoms with Gasteiger partial charge in [0.2, 0.25) is 0 Å². The van der Waals surface area contributed by atoms with Crippen LogP contribution in [0.1, 0.15) is 12.8 Å². The third kappa shape index (κ3) is 2.75. The molecule has 0 radical (unpaired) electrons. The molecule has 1 saturated carbocycles. The Morgan fingerprint density at radius 1 is 1.38 bits per heavy atom. The van der Waals surface area contributed by atoms with Crippen molar-refractivity contribution in [1.29, 1.82) is 0 Å². The van der Waals surface area contributed by atoms with Crippen molar-refractivity contribution >= 4 is 24.0 Å². The molecule has 90 valence electrons. The maximum absolute atomic E-state index is 13.3. The Morgan fingerprint density at radius 2 is 2.00 bits per heavy atom. The van der Waals surface area contributed by atoms with Crippen LogP contribution in [0.2, 0.25) is 5.02 Å². The highest BCUT2D eigenvalue weighted by atomic mass is 35.5. The van der Waals surface area contributed by atoms with Crippen LogP contribution in [0.3, 0.4) is 0 Å². The van der Waals surface area contributed by atoms with Gasteiger partial charge in [-0.3, -0.25) is 0 Å². The van der Waals surface area contributed by atoms with Gasteiger partial charge >= 0.3 is 0 Å². The maximum atomic E-state index is 13.3. The van der Waals surface area contributed by atoms with Crippen LogP contribution < -0.4 is 10.5 Å². The van der Waals surface area contributed by atoms with Gasteiger partial charge in [-0.05, 0) is 25.0 Å². The molecule has 0 saturated heterocycles. The van der Waals surface area contributed by atoms with E-state index in [0.29, 0.717) is 0 Å². The first-order valence-corrected chi connectivity index (χ1v) is 4.95. The van der Waals surface area contributed by atoms with Crippen LogP contribution in [-0.2, 0) is 0 Å². The number of halogens is 4. The quantitative estimate of drug-likeness (QED) is 0.857.